The smallest absolute Gasteiger partial charge is 0.191 e. The van der Waals surface area contributed by atoms with Gasteiger partial charge in [0.15, 0.2) is 5.96 Å². The second kappa shape index (κ2) is 9.88. The third-order valence-electron chi connectivity index (χ3n) is 5.13. The second-order valence-corrected chi connectivity index (χ2v) is 6.96. The summed E-state index contributed by atoms with van der Waals surface area (Å²) in [6, 6.07) is 10.5. The Morgan fingerprint density at radius 1 is 1.07 bits per heavy atom. The van der Waals surface area contributed by atoms with Crippen LogP contribution < -0.4 is 10.6 Å². The van der Waals surface area contributed by atoms with Crippen molar-refractivity contribution < 1.29 is 4.39 Å². The number of nitrogens with two attached hydrogens (primary N) is 1. The average molecular weight is 521 g/mol. The molecule has 0 amide bonds. The van der Waals surface area contributed by atoms with E-state index in [1.165, 1.54) is 12.1 Å². The van der Waals surface area contributed by atoms with Gasteiger partial charge >= 0.3 is 0 Å². The Balaban J connectivity index is 0.00000256. The number of anilines is 1. The first-order valence-electron chi connectivity index (χ1n) is 9.61. The molecule has 0 aliphatic carbocycles. The molecule has 0 atom stereocenters. The third kappa shape index (κ3) is 4.89. The average Bonchev–Trinajstić information content (AvgIpc) is 3.18. The number of pyridine rings is 1. The molecule has 0 unspecified atom stereocenters. The zero-order chi connectivity index (χ0) is 20.2. The fourth-order valence-corrected chi connectivity index (χ4v) is 3.48. The molecule has 2 N–H and O–H groups in total. The highest BCUT2D eigenvalue weighted by molar-refractivity contribution is 14.0. The van der Waals surface area contributed by atoms with E-state index in [0.29, 0.717) is 12.5 Å². The summed E-state index contributed by atoms with van der Waals surface area (Å²) in [6.45, 7) is 5.56. The van der Waals surface area contributed by atoms with Crippen LogP contribution in [-0.2, 0) is 6.54 Å². The lowest BCUT2D eigenvalue weighted by Gasteiger charge is -2.36. The Bertz CT molecular complexity index is 995. The number of aromatic nitrogens is 3. The van der Waals surface area contributed by atoms with Crippen molar-refractivity contribution in [3.8, 4) is 5.82 Å². The van der Waals surface area contributed by atoms with Gasteiger partial charge in [-0.3, -0.25) is 4.57 Å². The minimum absolute atomic E-state index is 0. The summed E-state index contributed by atoms with van der Waals surface area (Å²) in [4.78, 5) is 17.7. The van der Waals surface area contributed by atoms with Crippen LogP contribution in [0.2, 0.25) is 0 Å². The van der Waals surface area contributed by atoms with Gasteiger partial charge in [0.25, 0.3) is 0 Å². The molecule has 7 nitrogen and oxygen atoms in total. The van der Waals surface area contributed by atoms with E-state index in [0.717, 1.165) is 49.1 Å². The van der Waals surface area contributed by atoms with Gasteiger partial charge in [-0.05, 0) is 37.3 Å². The molecule has 1 aliphatic heterocycles. The van der Waals surface area contributed by atoms with Crippen molar-refractivity contribution in [1.82, 2.24) is 19.4 Å². The van der Waals surface area contributed by atoms with Gasteiger partial charge in [0.1, 0.15) is 17.5 Å². The predicted molar refractivity (Wildman–Crippen MR) is 127 cm³/mol. The SMILES string of the molecule is Cc1nccn1-c1ncccc1CN=C(N)N1CCN(c2ccc(F)cc2)CC1.I. The number of halogens is 2. The van der Waals surface area contributed by atoms with Crippen molar-refractivity contribution in [2.45, 2.75) is 13.5 Å². The van der Waals surface area contributed by atoms with Crippen LogP contribution >= 0.6 is 24.0 Å². The van der Waals surface area contributed by atoms with Gasteiger partial charge in [-0.25, -0.2) is 19.4 Å². The van der Waals surface area contributed by atoms with Crippen molar-refractivity contribution in [3.05, 3.63) is 72.2 Å². The number of rotatable bonds is 4. The summed E-state index contributed by atoms with van der Waals surface area (Å²) in [5.74, 6) is 2.00. The maximum Gasteiger partial charge on any atom is 0.191 e. The van der Waals surface area contributed by atoms with Gasteiger partial charge in [-0.1, -0.05) is 6.07 Å². The number of guanidine groups is 1. The van der Waals surface area contributed by atoms with Crippen molar-refractivity contribution in [2.24, 2.45) is 10.7 Å². The molecule has 4 rings (SSSR count). The van der Waals surface area contributed by atoms with Gasteiger partial charge in [-0.2, -0.15) is 0 Å². The Labute approximate surface area is 192 Å². The molecule has 3 heterocycles. The van der Waals surface area contributed by atoms with E-state index >= 15 is 0 Å². The number of benzene rings is 1. The standard InChI is InChI=1S/C21H24FN7.HI/c1-16-24-9-10-29(16)20-17(3-2-8-25-20)15-26-21(23)28-13-11-27(12-14-28)19-6-4-18(22)5-7-19;/h2-10H,11-15H2,1H3,(H2,23,26);1H. The van der Waals surface area contributed by atoms with Crippen molar-refractivity contribution in [2.75, 3.05) is 31.1 Å². The lowest BCUT2D eigenvalue weighted by Crippen LogP contribution is -2.51. The van der Waals surface area contributed by atoms with Crippen LogP contribution in [0.15, 0.2) is 60.0 Å². The molecule has 0 bridgehead atoms. The van der Waals surface area contributed by atoms with Crippen molar-refractivity contribution >= 4 is 35.6 Å². The summed E-state index contributed by atoms with van der Waals surface area (Å²) in [5.41, 5.74) is 8.28. The summed E-state index contributed by atoms with van der Waals surface area (Å²) < 4.78 is 15.1. The zero-order valence-electron chi connectivity index (χ0n) is 16.8. The first-order chi connectivity index (χ1) is 14.1. The molecule has 158 valence electrons. The van der Waals surface area contributed by atoms with E-state index in [4.69, 9.17) is 5.73 Å². The van der Waals surface area contributed by atoms with Crippen LogP contribution in [0.1, 0.15) is 11.4 Å². The topological polar surface area (TPSA) is 75.6 Å². The highest BCUT2D eigenvalue weighted by Gasteiger charge is 2.19. The normalized spacial score (nSPS) is 14.5. The molecule has 9 heteroatoms. The maximum absolute atomic E-state index is 13.1. The molecule has 0 spiro atoms. The van der Waals surface area contributed by atoms with Crippen LogP contribution in [0, 0.1) is 12.7 Å². The Kier molecular flexibility index (Phi) is 7.24. The van der Waals surface area contributed by atoms with E-state index in [2.05, 4.69) is 24.8 Å². The Morgan fingerprint density at radius 3 is 2.47 bits per heavy atom. The van der Waals surface area contributed by atoms with E-state index in [1.54, 1.807) is 12.4 Å². The number of piperazine rings is 1. The second-order valence-electron chi connectivity index (χ2n) is 6.96. The lowest BCUT2D eigenvalue weighted by molar-refractivity contribution is 0.380. The molecular formula is C21H25FIN7. The largest absolute Gasteiger partial charge is 0.370 e. The molecule has 1 aliphatic rings. The van der Waals surface area contributed by atoms with Gasteiger partial charge in [-0.15, -0.1) is 24.0 Å². The lowest BCUT2D eigenvalue weighted by atomic mass is 10.2. The number of aliphatic imine (C=N–C) groups is 1. The molecule has 1 aromatic carbocycles. The van der Waals surface area contributed by atoms with Crippen LogP contribution in [0.3, 0.4) is 0 Å². The molecule has 0 saturated carbocycles. The monoisotopic (exact) mass is 521 g/mol. The number of aryl methyl sites for hydroxylation is 1. The minimum Gasteiger partial charge on any atom is -0.370 e. The fourth-order valence-electron chi connectivity index (χ4n) is 3.48. The van der Waals surface area contributed by atoms with Gasteiger partial charge in [0.2, 0.25) is 0 Å². The molecule has 1 fully saturated rings. The molecule has 2 aromatic heterocycles. The highest BCUT2D eigenvalue weighted by atomic mass is 127. The molecule has 30 heavy (non-hydrogen) atoms. The molecule has 0 radical (unpaired) electrons. The first-order valence-corrected chi connectivity index (χ1v) is 9.61. The van der Waals surface area contributed by atoms with Gasteiger partial charge in [0.05, 0.1) is 6.54 Å². The Hall–Kier alpha value is -2.69. The van der Waals surface area contributed by atoms with E-state index in [9.17, 15) is 4.39 Å². The predicted octanol–water partition coefficient (Wildman–Crippen LogP) is 2.97. The molecule has 3 aromatic rings. The van der Waals surface area contributed by atoms with E-state index < -0.39 is 0 Å². The maximum atomic E-state index is 13.1. The third-order valence-corrected chi connectivity index (χ3v) is 5.13. The van der Waals surface area contributed by atoms with Crippen LogP contribution in [0.25, 0.3) is 5.82 Å². The highest BCUT2D eigenvalue weighted by Crippen LogP contribution is 2.17. The molecule has 1 saturated heterocycles. The summed E-state index contributed by atoms with van der Waals surface area (Å²) in [7, 11) is 0. The summed E-state index contributed by atoms with van der Waals surface area (Å²) >= 11 is 0. The quantitative estimate of drug-likeness (QED) is 0.325. The van der Waals surface area contributed by atoms with Crippen LogP contribution in [0.5, 0.6) is 0 Å². The minimum atomic E-state index is -0.218. The summed E-state index contributed by atoms with van der Waals surface area (Å²) in [5, 5.41) is 0. The van der Waals surface area contributed by atoms with Crippen molar-refractivity contribution in [1.29, 1.82) is 0 Å². The number of nitrogens with zero attached hydrogens (tertiary/aromatic N) is 6. The van der Waals surface area contributed by atoms with Gasteiger partial charge < -0.3 is 15.5 Å². The van der Waals surface area contributed by atoms with Crippen LogP contribution in [0.4, 0.5) is 10.1 Å². The molecular weight excluding hydrogens is 496 g/mol. The first kappa shape index (κ1) is 22.0. The van der Waals surface area contributed by atoms with Gasteiger partial charge in [0, 0.05) is 56.0 Å². The van der Waals surface area contributed by atoms with Crippen molar-refractivity contribution in [3.63, 3.8) is 0 Å². The van der Waals surface area contributed by atoms with E-state index in [-0.39, 0.29) is 29.8 Å². The van der Waals surface area contributed by atoms with Crippen LogP contribution in [-0.4, -0.2) is 51.6 Å². The Morgan fingerprint density at radius 2 is 1.80 bits per heavy atom. The zero-order valence-corrected chi connectivity index (χ0v) is 19.1. The summed E-state index contributed by atoms with van der Waals surface area (Å²) in [6.07, 6.45) is 5.41. The number of hydrogen-bond acceptors (Lipinski definition) is 4. The van der Waals surface area contributed by atoms with E-state index in [1.807, 2.05) is 42.0 Å². The number of imidazole rings is 1. The fraction of sp³-hybridized carbons (Fsp3) is 0.286. The number of hydrogen-bond donors (Lipinski definition) is 1.